The highest BCUT2D eigenvalue weighted by Crippen LogP contribution is 2.24. The minimum absolute atomic E-state index is 0.333. The molecule has 7 heteroatoms. The van der Waals surface area contributed by atoms with Gasteiger partial charge in [0.15, 0.2) is 5.82 Å². The average molecular weight is 344 g/mol. The Morgan fingerprint density at radius 2 is 2.08 bits per heavy atom. The standard InChI is InChI=1S/C18H24N4O3/c1-18(2,3)25-17(23)22-9-10-24-12-15(22)16-19-13-21(20-16)11-14-7-5-4-6-8-14/h4-8,13,15H,9-12H2,1-3H3/t15-/m0/s1. The fourth-order valence-electron chi connectivity index (χ4n) is 2.67. The number of amides is 1. The van der Waals surface area contributed by atoms with Gasteiger partial charge in [-0.15, -0.1) is 0 Å². The maximum absolute atomic E-state index is 12.5. The molecule has 1 atom stereocenters. The molecule has 1 aliphatic rings. The lowest BCUT2D eigenvalue weighted by molar-refractivity contribution is -0.0351. The van der Waals surface area contributed by atoms with Crippen molar-refractivity contribution in [3.05, 3.63) is 48.0 Å². The lowest BCUT2D eigenvalue weighted by Crippen LogP contribution is -2.46. The van der Waals surface area contributed by atoms with Crippen LogP contribution in [0.25, 0.3) is 0 Å². The van der Waals surface area contributed by atoms with E-state index >= 15 is 0 Å². The molecule has 7 nitrogen and oxygen atoms in total. The Balaban J connectivity index is 1.73. The molecule has 0 radical (unpaired) electrons. The monoisotopic (exact) mass is 344 g/mol. The zero-order chi connectivity index (χ0) is 17.9. The zero-order valence-electron chi connectivity index (χ0n) is 14.9. The maximum atomic E-state index is 12.5. The molecule has 3 rings (SSSR count). The first-order chi connectivity index (χ1) is 11.9. The minimum Gasteiger partial charge on any atom is -0.444 e. The van der Waals surface area contributed by atoms with Crippen LogP contribution in [0.3, 0.4) is 0 Å². The Labute approximate surface area is 147 Å². The Morgan fingerprint density at radius 3 is 2.80 bits per heavy atom. The quantitative estimate of drug-likeness (QED) is 0.856. The smallest absolute Gasteiger partial charge is 0.411 e. The summed E-state index contributed by atoms with van der Waals surface area (Å²) in [5, 5.41) is 4.53. The van der Waals surface area contributed by atoms with E-state index < -0.39 is 5.60 Å². The summed E-state index contributed by atoms with van der Waals surface area (Å²) >= 11 is 0. The second kappa shape index (κ2) is 7.23. The first kappa shape index (κ1) is 17.4. The van der Waals surface area contributed by atoms with Gasteiger partial charge >= 0.3 is 6.09 Å². The largest absolute Gasteiger partial charge is 0.444 e. The van der Waals surface area contributed by atoms with E-state index in [-0.39, 0.29) is 12.1 Å². The Bertz CT molecular complexity index is 709. The van der Waals surface area contributed by atoms with E-state index in [0.29, 0.717) is 32.1 Å². The number of nitrogens with zero attached hydrogens (tertiary/aromatic N) is 4. The number of hydrogen-bond donors (Lipinski definition) is 0. The Kier molecular flexibility index (Phi) is 5.03. The third-order valence-electron chi connectivity index (χ3n) is 3.80. The molecule has 1 aromatic heterocycles. The van der Waals surface area contributed by atoms with Crippen LogP contribution in [-0.4, -0.2) is 51.1 Å². The minimum atomic E-state index is -0.542. The number of benzene rings is 1. The molecule has 1 aliphatic heterocycles. The number of morpholine rings is 1. The van der Waals surface area contributed by atoms with Gasteiger partial charge in [0.05, 0.1) is 19.8 Å². The molecule has 0 saturated carbocycles. The molecule has 1 amide bonds. The molecule has 1 aromatic carbocycles. The number of rotatable bonds is 3. The van der Waals surface area contributed by atoms with Crippen LogP contribution < -0.4 is 0 Å². The summed E-state index contributed by atoms with van der Waals surface area (Å²) in [5.74, 6) is 0.571. The van der Waals surface area contributed by atoms with Crippen molar-refractivity contribution < 1.29 is 14.3 Å². The van der Waals surface area contributed by atoms with Crippen molar-refractivity contribution in [3.63, 3.8) is 0 Å². The first-order valence-electron chi connectivity index (χ1n) is 8.43. The molecule has 25 heavy (non-hydrogen) atoms. The highest BCUT2D eigenvalue weighted by atomic mass is 16.6. The molecule has 1 saturated heterocycles. The van der Waals surface area contributed by atoms with Crippen molar-refractivity contribution in [2.24, 2.45) is 0 Å². The lowest BCUT2D eigenvalue weighted by Gasteiger charge is -2.35. The van der Waals surface area contributed by atoms with Crippen molar-refractivity contribution in [1.29, 1.82) is 0 Å². The van der Waals surface area contributed by atoms with Crippen molar-refractivity contribution >= 4 is 6.09 Å². The van der Waals surface area contributed by atoms with E-state index in [4.69, 9.17) is 9.47 Å². The lowest BCUT2D eigenvalue weighted by atomic mass is 10.2. The molecule has 0 spiro atoms. The summed E-state index contributed by atoms with van der Waals surface area (Å²) in [6.07, 6.45) is 1.32. The Morgan fingerprint density at radius 1 is 1.32 bits per heavy atom. The van der Waals surface area contributed by atoms with E-state index in [1.54, 1.807) is 15.9 Å². The predicted octanol–water partition coefficient (Wildman–Crippen LogP) is 2.63. The number of aromatic nitrogens is 3. The van der Waals surface area contributed by atoms with Crippen molar-refractivity contribution in [1.82, 2.24) is 19.7 Å². The van der Waals surface area contributed by atoms with Crippen LogP contribution in [0.4, 0.5) is 4.79 Å². The molecule has 0 aliphatic carbocycles. The topological polar surface area (TPSA) is 69.5 Å². The molecule has 2 aromatic rings. The van der Waals surface area contributed by atoms with Gasteiger partial charge in [-0.2, -0.15) is 5.10 Å². The summed E-state index contributed by atoms with van der Waals surface area (Å²) in [6.45, 7) is 7.52. The molecule has 0 unspecified atom stereocenters. The second-order valence-corrected chi connectivity index (χ2v) is 7.05. The highest BCUT2D eigenvalue weighted by molar-refractivity contribution is 5.68. The van der Waals surface area contributed by atoms with Crippen LogP contribution in [0.1, 0.15) is 38.2 Å². The van der Waals surface area contributed by atoms with Crippen LogP contribution in [0.15, 0.2) is 36.7 Å². The van der Waals surface area contributed by atoms with Crippen molar-refractivity contribution in [3.8, 4) is 0 Å². The summed E-state index contributed by atoms with van der Waals surface area (Å²) in [6, 6.07) is 9.71. The average Bonchev–Trinajstić information content (AvgIpc) is 3.02. The van der Waals surface area contributed by atoms with Gasteiger partial charge in [0.25, 0.3) is 0 Å². The van der Waals surface area contributed by atoms with E-state index in [1.165, 1.54) is 0 Å². The molecule has 0 bridgehead atoms. The summed E-state index contributed by atoms with van der Waals surface area (Å²) < 4.78 is 12.8. The van der Waals surface area contributed by atoms with E-state index in [0.717, 1.165) is 5.56 Å². The third kappa shape index (κ3) is 4.57. The number of hydrogen-bond acceptors (Lipinski definition) is 5. The van der Waals surface area contributed by atoms with Crippen LogP contribution in [0.2, 0.25) is 0 Å². The normalized spacial score (nSPS) is 18.2. The predicted molar refractivity (Wildman–Crippen MR) is 92.1 cm³/mol. The third-order valence-corrected chi connectivity index (χ3v) is 3.80. The number of carbonyl (C=O) groups is 1. The molecular formula is C18H24N4O3. The van der Waals surface area contributed by atoms with Crippen molar-refractivity contribution in [2.75, 3.05) is 19.8 Å². The van der Waals surface area contributed by atoms with Crippen LogP contribution in [-0.2, 0) is 16.0 Å². The summed E-state index contributed by atoms with van der Waals surface area (Å²) in [4.78, 5) is 18.5. The maximum Gasteiger partial charge on any atom is 0.411 e. The fourth-order valence-corrected chi connectivity index (χ4v) is 2.67. The zero-order valence-corrected chi connectivity index (χ0v) is 14.9. The van der Waals surface area contributed by atoms with Crippen LogP contribution >= 0.6 is 0 Å². The van der Waals surface area contributed by atoms with E-state index in [1.807, 2.05) is 51.1 Å². The van der Waals surface area contributed by atoms with Gasteiger partial charge in [0, 0.05) is 6.54 Å². The van der Waals surface area contributed by atoms with Crippen LogP contribution in [0.5, 0.6) is 0 Å². The van der Waals surface area contributed by atoms with Crippen LogP contribution in [0, 0.1) is 0 Å². The second-order valence-electron chi connectivity index (χ2n) is 7.05. The molecule has 1 fully saturated rings. The highest BCUT2D eigenvalue weighted by Gasteiger charge is 2.34. The Hall–Kier alpha value is -2.41. The molecular weight excluding hydrogens is 320 g/mol. The van der Waals surface area contributed by atoms with Gasteiger partial charge in [-0.05, 0) is 26.3 Å². The fraction of sp³-hybridized carbons (Fsp3) is 0.500. The summed E-state index contributed by atoms with van der Waals surface area (Å²) in [7, 11) is 0. The number of ether oxygens (including phenoxy) is 2. The first-order valence-corrected chi connectivity index (χ1v) is 8.43. The van der Waals surface area contributed by atoms with Gasteiger partial charge < -0.3 is 9.47 Å². The van der Waals surface area contributed by atoms with Crippen molar-refractivity contribution in [2.45, 2.75) is 39.0 Å². The van der Waals surface area contributed by atoms with Gasteiger partial charge in [0.2, 0.25) is 0 Å². The molecule has 0 N–H and O–H groups in total. The SMILES string of the molecule is CC(C)(C)OC(=O)N1CCOC[C@H]1c1ncn(Cc2ccccc2)n1. The molecule has 134 valence electrons. The van der Waals surface area contributed by atoms with E-state index in [9.17, 15) is 4.79 Å². The summed E-state index contributed by atoms with van der Waals surface area (Å²) in [5.41, 5.74) is 0.600. The van der Waals surface area contributed by atoms with Gasteiger partial charge in [-0.1, -0.05) is 30.3 Å². The van der Waals surface area contributed by atoms with Gasteiger partial charge in [-0.25, -0.2) is 14.5 Å². The van der Waals surface area contributed by atoms with Gasteiger partial charge in [-0.3, -0.25) is 4.90 Å². The number of carbonyl (C=O) groups excluding carboxylic acids is 1. The molecule has 2 heterocycles. The van der Waals surface area contributed by atoms with Gasteiger partial charge in [0.1, 0.15) is 18.0 Å². The van der Waals surface area contributed by atoms with E-state index in [2.05, 4.69) is 10.1 Å².